The number of rotatable bonds is 4. The standard InChI is InChI=1S/C15H22O3/c1-15(2,3)14(16)9-7-11-6-8-12(17-4)13(10-11)18-5/h6-10,14,16H,1-5H3. The van der Waals surface area contributed by atoms with E-state index in [2.05, 4.69) is 0 Å². The van der Waals surface area contributed by atoms with Crippen molar-refractivity contribution in [2.75, 3.05) is 14.2 Å². The van der Waals surface area contributed by atoms with Crippen molar-refractivity contribution >= 4 is 6.08 Å². The maximum atomic E-state index is 9.93. The lowest BCUT2D eigenvalue weighted by atomic mass is 9.89. The van der Waals surface area contributed by atoms with Crippen LogP contribution in [0, 0.1) is 5.41 Å². The number of hydrogen-bond acceptors (Lipinski definition) is 3. The Morgan fingerprint density at radius 3 is 2.22 bits per heavy atom. The molecule has 0 aromatic heterocycles. The minimum atomic E-state index is -0.481. The molecule has 0 amide bonds. The maximum Gasteiger partial charge on any atom is 0.161 e. The molecular formula is C15H22O3. The fraction of sp³-hybridized carbons (Fsp3) is 0.467. The zero-order valence-electron chi connectivity index (χ0n) is 11.7. The summed E-state index contributed by atoms with van der Waals surface area (Å²) in [5.41, 5.74) is 0.809. The molecule has 18 heavy (non-hydrogen) atoms. The average Bonchev–Trinajstić information content (AvgIpc) is 2.34. The van der Waals surface area contributed by atoms with Crippen molar-refractivity contribution in [1.29, 1.82) is 0 Å². The third-order valence-corrected chi connectivity index (χ3v) is 2.77. The van der Waals surface area contributed by atoms with Crippen LogP contribution in [0.3, 0.4) is 0 Å². The molecule has 0 radical (unpaired) electrons. The Hall–Kier alpha value is -1.48. The third-order valence-electron chi connectivity index (χ3n) is 2.77. The predicted octanol–water partition coefficient (Wildman–Crippen LogP) is 3.12. The van der Waals surface area contributed by atoms with Crippen molar-refractivity contribution in [3.8, 4) is 11.5 Å². The van der Waals surface area contributed by atoms with Gasteiger partial charge in [0.05, 0.1) is 20.3 Å². The summed E-state index contributed by atoms with van der Waals surface area (Å²) in [6.07, 6.45) is 3.20. The summed E-state index contributed by atoms with van der Waals surface area (Å²) in [6, 6.07) is 5.65. The highest BCUT2D eigenvalue weighted by Gasteiger charge is 2.18. The van der Waals surface area contributed by atoms with Gasteiger partial charge in [-0.15, -0.1) is 0 Å². The summed E-state index contributed by atoms with van der Waals surface area (Å²) in [5, 5.41) is 9.93. The van der Waals surface area contributed by atoms with Gasteiger partial charge in [0.25, 0.3) is 0 Å². The van der Waals surface area contributed by atoms with Gasteiger partial charge in [0.15, 0.2) is 11.5 Å². The summed E-state index contributed by atoms with van der Waals surface area (Å²) >= 11 is 0. The monoisotopic (exact) mass is 250 g/mol. The summed E-state index contributed by atoms with van der Waals surface area (Å²) in [5.74, 6) is 1.39. The average molecular weight is 250 g/mol. The first-order chi connectivity index (χ1) is 8.38. The Labute approximate surface area is 109 Å². The predicted molar refractivity (Wildman–Crippen MR) is 74.0 cm³/mol. The maximum absolute atomic E-state index is 9.93. The van der Waals surface area contributed by atoms with Gasteiger partial charge in [-0.3, -0.25) is 0 Å². The molecule has 1 N–H and O–H groups in total. The van der Waals surface area contributed by atoms with E-state index >= 15 is 0 Å². The van der Waals surface area contributed by atoms with Gasteiger partial charge < -0.3 is 14.6 Å². The zero-order chi connectivity index (χ0) is 13.8. The fourth-order valence-electron chi connectivity index (χ4n) is 1.45. The molecule has 0 bridgehead atoms. The molecule has 3 nitrogen and oxygen atoms in total. The normalized spacial score (nSPS) is 13.7. The number of aliphatic hydroxyl groups is 1. The van der Waals surface area contributed by atoms with Crippen LogP contribution in [0.1, 0.15) is 26.3 Å². The highest BCUT2D eigenvalue weighted by Crippen LogP contribution is 2.28. The first-order valence-electron chi connectivity index (χ1n) is 5.96. The summed E-state index contributed by atoms with van der Waals surface area (Å²) in [7, 11) is 3.21. The van der Waals surface area contributed by atoms with Crippen LogP contribution >= 0.6 is 0 Å². The van der Waals surface area contributed by atoms with Crippen LogP contribution in [0.15, 0.2) is 24.3 Å². The van der Waals surface area contributed by atoms with Crippen molar-refractivity contribution in [3.05, 3.63) is 29.8 Å². The fourth-order valence-corrected chi connectivity index (χ4v) is 1.45. The first kappa shape index (κ1) is 14.6. The molecule has 0 saturated heterocycles. The number of hydrogen-bond donors (Lipinski definition) is 1. The van der Waals surface area contributed by atoms with E-state index in [0.29, 0.717) is 11.5 Å². The van der Waals surface area contributed by atoms with Gasteiger partial charge in [-0.25, -0.2) is 0 Å². The van der Waals surface area contributed by atoms with Crippen LogP contribution in [0.5, 0.6) is 11.5 Å². The molecule has 0 heterocycles. The topological polar surface area (TPSA) is 38.7 Å². The van der Waals surface area contributed by atoms with Gasteiger partial charge >= 0.3 is 0 Å². The van der Waals surface area contributed by atoms with Gasteiger partial charge in [0.1, 0.15) is 0 Å². The number of aliphatic hydroxyl groups excluding tert-OH is 1. The molecule has 100 valence electrons. The Morgan fingerprint density at radius 2 is 1.72 bits per heavy atom. The minimum absolute atomic E-state index is 0.160. The Balaban J connectivity index is 2.89. The molecule has 1 rings (SSSR count). The van der Waals surface area contributed by atoms with Crippen LogP contribution in [0.4, 0.5) is 0 Å². The number of methoxy groups -OCH3 is 2. The van der Waals surface area contributed by atoms with E-state index < -0.39 is 6.10 Å². The molecule has 1 atom stereocenters. The molecular weight excluding hydrogens is 228 g/mol. The van der Waals surface area contributed by atoms with Crippen LogP contribution in [-0.4, -0.2) is 25.4 Å². The highest BCUT2D eigenvalue weighted by atomic mass is 16.5. The van der Waals surface area contributed by atoms with Crippen molar-refractivity contribution in [3.63, 3.8) is 0 Å². The van der Waals surface area contributed by atoms with E-state index in [0.717, 1.165) is 5.56 Å². The largest absolute Gasteiger partial charge is 0.493 e. The van der Waals surface area contributed by atoms with Crippen LogP contribution in [-0.2, 0) is 0 Å². The smallest absolute Gasteiger partial charge is 0.161 e. The molecule has 0 saturated carbocycles. The lowest BCUT2D eigenvalue weighted by Gasteiger charge is -2.22. The molecule has 3 heteroatoms. The van der Waals surface area contributed by atoms with Crippen LogP contribution in [0.2, 0.25) is 0 Å². The van der Waals surface area contributed by atoms with Crippen molar-refractivity contribution < 1.29 is 14.6 Å². The highest BCUT2D eigenvalue weighted by molar-refractivity contribution is 5.56. The quantitative estimate of drug-likeness (QED) is 0.892. The van der Waals surface area contributed by atoms with Crippen molar-refractivity contribution in [2.24, 2.45) is 5.41 Å². The summed E-state index contributed by atoms with van der Waals surface area (Å²) in [4.78, 5) is 0. The molecule has 1 aromatic rings. The van der Waals surface area contributed by atoms with Gasteiger partial charge in [0.2, 0.25) is 0 Å². The first-order valence-corrected chi connectivity index (χ1v) is 5.96. The van der Waals surface area contributed by atoms with Gasteiger partial charge in [-0.2, -0.15) is 0 Å². The van der Waals surface area contributed by atoms with Gasteiger partial charge in [-0.1, -0.05) is 39.0 Å². The minimum Gasteiger partial charge on any atom is -0.493 e. The second-order valence-electron chi connectivity index (χ2n) is 5.28. The molecule has 1 aromatic carbocycles. The SMILES string of the molecule is COc1ccc(C=CC(O)C(C)(C)C)cc1OC. The Kier molecular flexibility index (Phi) is 4.79. The van der Waals surface area contributed by atoms with Gasteiger partial charge in [-0.05, 0) is 23.1 Å². The lowest BCUT2D eigenvalue weighted by molar-refractivity contribution is 0.106. The Morgan fingerprint density at radius 1 is 1.11 bits per heavy atom. The van der Waals surface area contributed by atoms with Gasteiger partial charge in [0, 0.05) is 0 Å². The molecule has 0 spiro atoms. The third kappa shape index (κ3) is 3.77. The number of benzene rings is 1. The van der Waals surface area contributed by atoms with Crippen LogP contribution in [0.25, 0.3) is 6.08 Å². The molecule has 1 unspecified atom stereocenters. The van der Waals surface area contributed by atoms with E-state index in [9.17, 15) is 5.11 Å². The summed E-state index contributed by atoms with van der Waals surface area (Å²) < 4.78 is 10.4. The molecule has 0 aliphatic rings. The van der Waals surface area contributed by atoms with E-state index in [1.54, 1.807) is 20.3 Å². The van der Waals surface area contributed by atoms with Crippen LogP contribution < -0.4 is 9.47 Å². The molecule has 0 fully saturated rings. The second kappa shape index (κ2) is 5.91. The zero-order valence-corrected chi connectivity index (χ0v) is 11.7. The number of ether oxygens (including phenoxy) is 2. The summed E-state index contributed by atoms with van der Waals surface area (Å²) in [6.45, 7) is 5.99. The second-order valence-corrected chi connectivity index (χ2v) is 5.28. The van der Waals surface area contributed by atoms with Crippen molar-refractivity contribution in [1.82, 2.24) is 0 Å². The van der Waals surface area contributed by atoms with E-state index in [1.807, 2.05) is 45.0 Å². The van der Waals surface area contributed by atoms with E-state index in [-0.39, 0.29) is 5.41 Å². The molecule has 0 aliphatic heterocycles. The molecule has 0 aliphatic carbocycles. The Bertz CT molecular complexity index is 416. The van der Waals surface area contributed by atoms with E-state index in [4.69, 9.17) is 9.47 Å². The van der Waals surface area contributed by atoms with Crippen molar-refractivity contribution in [2.45, 2.75) is 26.9 Å². The lowest BCUT2D eigenvalue weighted by Crippen LogP contribution is -2.23. The van der Waals surface area contributed by atoms with E-state index in [1.165, 1.54) is 0 Å².